The van der Waals surface area contributed by atoms with E-state index in [0.717, 1.165) is 22.4 Å². The van der Waals surface area contributed by atoms with Crippen molar-refractivity contribution in [2.75, 3.05) is 23.3 Å². The molecule has 0 bridgehead atoms. The number of anilines is 2. The van der Waals surface area contributed by atoms with Crippen LogP contribution in [-0.2, 0) is 6.54 Å². The third kappa shape index (κ3) is 3.31. The quantitative estimate of drug-likeness (QED) is 0.915. The van der Waals surface area contributed by atoms with Crippen LogP contribution in [0.3, 0.4) is 0 Å². The number of nitrogens with zero attached hydrogens (tertiary/aromatic N) is 2. The van der Waals surface area contributed by atoms with Crippen LogP contribution in [0.15, 0.2) is 47.1 Å². The molecular formula is C16H18BrN3. The minimum atomic E-state index is 0.747. The summed E-state index contributed by atoms with van der Waals surface area (Å²) < 4.78 is 1.01. The van der Waals surface area contributed by atoms with Gasteiger partial charge in [-0.15, -0.1) is 0 Å². The summed E-state index contributed by atoms with van der Waals surface area (Å²) >= 11 is 3.40. The van der Waals surface area contributed by atoms with Crippen LogP contribution in [0.5, 0.6) is 0 Å². The number of aromatic nitrogens is 1. The summed E-state index contributed by atoms with van der Waals surface area (Å²) in [7, 11) is 0. The van der Waals surface area contributed by atoms with E-state index in [2.05, 4.69) is 55.4 Å². The molecule has 0 unspecified atom stereocenters. The Morgan fingerprint density at radius 3 is 2.75 bits per heavy atom. The van der Waals surface area contributed by atoms with Crippen LogP contribution in [0, 0.1) is 0 Å². The molecule has 104 valence electrons. The maximum Gasteiger partial charge on any atom is 0.0595 e. The zero-order valence-corrected chi connectivity index (χ0v) is 12.9. The predicted octanol–water partition coefficient (Wildman–Crippen LogP) is 4.06. The largest absolute Gasteiger partial charge is 0.379 e. The van der Waals surface area contributed by atoms with Gasteiger partial charge >= 0.3 is 0 Å². The van der Waals surface area contributed by atoms with Crippen molar-refractivity contribution in [1.82, 2.24) is 4.98 Å². The van der Waals surface area contributed by atoms with Gasteiger partial charge < -0.3 is 10.2 Å². The standard InChI is InChI=1S/C16H18BrN3/c17-13-6-7-15(18-11-13)12-19-14-4-3-5-16(10-14)20-8-1-2-9-20/h3-7,10-11,19H,1-2,8-9,12H2. The zero-order chi connectivity index (χ0) is 13.8. The number of pyridine rings is 1. The lowest BCUT2D eigenvalue weighted by atomic mass is 10.2. The smallest absolute Gasteiger partial charge is 0.0595 e. The third-order valence-electron chi connectivity index (χ3n) is 3.58. The maximum absolute atomic E-state index is 4.37. The molecule has 1 aromatic heterocycles. The summed E-state index contributed by atoms with van der Waals surface area (Å²) in [6.07, 6.45) is 4.44. The van der Waals surface area contributed by atoms with Crippen molar-refractivity contribution in [1.29, 1.82) is 0 Å². The average molecular weight is 332 g/mol. The van der Waals surface area contributed by atoms with E-state index in [1.54, 1.807) is 0 Å². The van der Waals surface area contributed by atoms with Gasteiger partial charge in [0, 0.05) is 35.1 Å². The lowest BCUT2D eigenvalue weighted by Gasteiger charge is -2.18. The molecule has 2 heterocycles. The van der Waals surface area contributed by atoms with Crippen molar-refractivity contribution in [2.45, 2.75) is 19.4 Å². The molecule has 1 aliphatic rings. The monoisotopic (exact) mass is 331 g/mol. The molecule has 3 nitrogen and oxygen atoms in total. The van der Waals surface area contributed by atoms with Crippen LogP contribution in [0.1, 0.15) is 18.5 Å². The van der Waals surface area contributed by atoms with E-state index in [1.807, 2.05) is 18.3 Å². The van der Waals surface area contributed by atoms with Gasteiger partial charge in [0.25, 0.3) is 0 Å². The van der Waals surface area contributed by atoms with Crippen LogP contribution >= 0.6 is 15.9 Å². The fraction of sp³-hybridized carbons (Fsp3) is 0.312. The highest BCUT2D eigenvalue weighted by Gasteiger charge is 2.12. The fourth-order valence-electron chi connectivity index (χ4n) is 2.49. The van der Waals surface area contributed by atoms with Gasteiger partial charge in [-0.3, -0.25) is 4.98 Å². The molecule has 0 atom stereocenters. The predicted molar refractivity (Wildman–Crippen MR) is 87.2 cm³/mol. The van der Waals surface area contributed by atoms with Gasteiger partial charge in [0.2, 0.25) is 0 Å². The first-order chi connectivity index (χ1) is 9.81. The Balaban J connectivity index is 1.65. The van der Waals surface area contributed by atoms with Crippen molar-refractivity contribution in [3.63, 3.8) is 0 Å². The average Bonchev–Trinajstić information content (AvgIpc) is 3.01. The minimum Gasteiger partial charge on any atom is -0.379 e. The molecule has 0 saturated carbocycles. The van der Waals surface area contributed by atoms with E-state index in [1.165, 1.54) is 31.6 Å². The molecule has 20 heavy (non-hydrogen) atoms. The van der Waals surface area contributed by atoms with Crippen LogP contribution in [0.2, 0.25) is 0 Å². The second-order valence-electron chi connectivity index (χ2n) is 5.07. The molecule has 1 saturated heterocycles. The summed E-state index contributed by atoms with van der Waals surface area (Å²) in [5, 5.41) is 3.44. The summed E-state index contributed by atoms with van der Waals surface area (Å²) in [6.45, 7) is 3.10. The first-order valence-corrected chi connectivity index (χ1v) is 7.80. The first-order valence-electron chi connectivity index (χ1n) is 7.00. The Kier molecular flexibility index (Phi) is 4.21. The van der Waals surface area contributed by atoms with Crippen molar-refractivity contribution in [3.05, 3.63) is 52.8 Å². The van der Waals surface area contributed by atoms with Gasteiger partial charge in [0.1, 0.15) is 0 Å². The van der Waals surface area contributed by atoms with E-state index in [0.29, 0.717) is 0 Å². The highest BCUT2D eigenvalue weighted by atomic mass is 79.9. The Bertz CT molecular complexity index is 562. The Hall–Kier alpha value is -1.55. The van der Waals surface area contributed by atoms with Gasteiger partial charge in [0.05, 0.1) is 12.2 Å². The van der Waals surface area contributed by atoms with Crippen molar-refractivity contribution in [3.8, 4) is 0 Å². The topological polar surface area (TPSA) is 28.2 Å². The van der Waals surface area contributed by atoms with Crippen molar-refractivity contribution in [2.24, 2.45) is 0 Å². The molecule has 2 aromatic rings. The summed E-state index contributed by atoms with van der Waals surface area (Å²) in [5.41, 5.74) is 3.51. The van der Waals surface area contributed by atoms with Crippen LogP contribution < -0.4 is 10.2 Å². The normalized spacial score (nSPS) is 14.6. The lowest BCUT2D eigenvalue weighted by molar-refractivity contribution is 0.949. The Morgan fingerprint density at radius 1 is 1.15 bits per heavy atom. The molecule has 0 spiro atoms. The third-order valence-corrected chi connectivity index (χ3v) is 4.05. The number of hydrogen-bond donors (Lipinski definition) is 1. The first kappa shape index (κ1) is 13.4. The Labute approximate surface area is 128 Å². The molecule has 1 aliphatic heterocycles. The van der Waals surface area contributed by atoms with Gasteiger partial charge in [-0.05, 0) is 59.1 Å². The van der Waals surface area contributed by atoms with Gasteiger partial charge in [-0.25, -0.2) is 0 Å². The number of halogens is 1. The van der Waals surface area contributed by atoms with Gasteiger partial charge in [-0.1, -0.05) is 6.07 Å². The molecule has 0 amide bonds. The van der Waals surface area contributed by atoms with E-state index in [-0.39, 0.29) is 0 Å². The van der Waals surface area contributed by atoms with Crippen molar-refractivity contribution < 1.29 is 0 Å². The molecule has 0 aliphatic carbocycles. The summed E-state index contributed by atoms with van der Waals surface area (Å²) in [6, 6.07) is 12.7. The molecule has 1 fully saturated rings. The van der Waals surface area contributed by atoms with E-state index >= 15 is 0 Å². The Morgan fingerprint density at radius 2 is 2.00 bits per heavy atom. The van der Waals surface area contributed by atoms with Crippen LogP contribution in [0.4, 0.5) is 11.4 Å². The lowest BCUT2D eigenvalue weighted by Crippen LogP contribution is -2.17. The minimum absolute atomic E-state index is 0.747. The second kappa shape index (κ2) is 6.27. The fourth-order valence-corrected chi connectivity index (χ4v) is 2.73. The number of benzene rings is 1. The summed E-state index contributed by atoms with van der Waals surface area (Å²) in [5.74, 6) is 0. The molecule has 4 heteroatoms. The highest BCUT2D eigenvalue weighted by molar-refractivity contribution is 9.10. The molecule has 1 N–H and O–H groups in total. The summed E-state index contributed by atoms with van der Waals surface area (Å²) in [4.78, 5) is 6.82. The van der Waals surface area contributed by atoms with E-state index < -0.39 is 0 Å². The molecule has 0 radical (unpaired) electrons. The number of rotatable bonds is 4. The SMILES string of the molecule is Brc1ccc(CNc2cccc(N3CCCC3)c2)nc1. The van der Waals surface area contributed by atoms with Crippen molar-refractivity contribution >= 4 is 27.3 Å². The van der Waals surface area contributed by atoms with Gasteiger partial charge in [-0.2, -0.15) is 0 Å². The zero-order valence-electron chi connectivity index (χ0n) is 11.3. The van der Waals surface area contributed by atoms with Crippen LogP contribution in [0.25, 0.3) is 0 Å². The van der Waals surface area contributed by atoms with E-state index in [4.69, 9.17) is 0 Å². The number of hydrogen-bond acceptors (Lipinski definition) is 3. The second-order valence-corrected chi connectivity index (χ2v) is 5.98. The number of nitrogens with one attached hydrogen (secondary N) is 1. The molecule has 3 rings (SSSR count). The van der Waals surface area contributed by atoms with Crippen LogP contribution in [-0.4, -0.2) is 18.1 Å². The van der Waals surface area contributed by atoms with Gasteiger partial charge in [0.15, 0.2) is 0 Å². The van der Waals surface area contributed by atoms with E-state index in [9.17, 15) is 0 Å². The molecular weight excluding hydrogens is 314 g/mol. The maximum atomic E-state index is 4.37. The molecule has 1 aromatic carbocycles. The highest BCUT2D eigenvalue weighted by Crippen LogP contribution is 2.23.